The second-order valence-electron chi connectivity index (χ2n) is 6.34. The summed E-state index contributed by atoms with van der Waals surface area (Å²) in [6.45, 7) is 7.93. The predicted octanol–water partition coefficient (Wildman–Crippen LogP) is 3.62. The van der Waals surface area contributed by atoms with E-state index in [4.69, 9.17) is 10.5 Å². The first-order chi connectivity index (χ1) is 11.9. The number of carbonyl (C=O) groups excluding carboxylic acids is 1. The van der Waals surface area contributed by atoms with E-state index in [1.807, 2.05) is 44.2 Å². The summed E-state index contributed by atoms with van der Waals surface area (Å²) in [7, 11) is 0. The second kappa shape index (κ2) is 8.33. The van der Waals surface area contributed by atoms with Crippen molar-refractivity contribution in [3.8, 4) is 5.75 Å². The van der Waals surface area contributed by atoms with Gasteiger partial charge in [0, 0.05) is 5.69 Å². The number of nitrogens with two attached hydrogens (primary N) is 1. The molecule has 0 bridgehead atoms. The molecule has 0 saturated carbocycles. The topological polar surface area (TPSA) is 76.7 Å². The van der Waals surface area contributed by atoms with Gasteiger partial charge in [0.05, 0.1) is 5.71 Å². The van der Waals surface area contributed by atoms with Crippen LogP contribution in [0.1, 0.15) is 43.4 Å². The Morgan fingerprint density at radius 1 is 1.20 bits per heavy atom. The number of hydrogen-bond donors (Lipinski definition) is 2. The summed E-state index contributed by atoms with van der Waals surface area (Å²) < 4.78 is 5.70. The van der Waals surface area contributed by atoms with Gasteiger partial charge < -0.3 is 10.5 Å². The van der Waals surface area contributed by atoms with Gasteiger partial charge in [-0.25, -0.2) is 5.43 Å². The molecule has 0 fully saturated rings. The minimum atomic E-state index is -0.300. The largest absolute Gasteiger partial charge is 0.483 e. The summed E-state index contributed by atoms with van der Waals surface area (Å²) in [5.74, 6) is 0.764. The molecule has 0 aliphatic carbocycles. The molecule has 0 aliphatic heterocycles. The van der Waals surface area contributed by atoms with Gasteiger partial charge in [-0.3, -0.25) is 4.79 Å². The molecule has 0 atom stereocenters. The highest BCUT2D eigenvalue weighted by molar-refractivity contribution is 5.99. The lowest BCUT2D eigenvalue weighted by Gasteiger charge is -2.14. The number of hydrogen-bond acceptors (Lipinski definition) is 4. The van der Waals surface area contributed by atoms with Crippen LogP contribution < -0.4 is 15.9 Å². The molecule has 0 aromatic heterocycles. The first-order valence-corrected chi connectivity index (χ1v) is 8.29. The molecule has 0 saturated heterocycles. The Morgan fingerprint density at radius 3 is 2.52 bits per heavy atom. The van der Waals surface area contributed by atoms with Crippen LogP contribution in [0.25, 0.3) is 0 Å². The van der Waals surface area contributed by atoms with Crippen molar-refractivity contribution in [2.75, 3.05) is 12.3 Å². The van der Waals surface area contributed by atoms with E-state index in [0.29, 0.717) is 17.3 Å². The van der Waals surface area contributed by atoms with E-state index in [1.165, 1.54) is 0 Å². The Balaban J connectivity index is 1.96. The van der Waals surface area contributed by atoms with Gasteiger partial charge in [0.15, 0.2) is 6.61 Å². The van der Waals surface area contributed by atoms with E-state index in [9.17, 15) is 4.79 Å². The second-order valence-corrected chi connectivity index (χ2v) is 6.34. The van der Waals surface area contributed by atoms with E-state index >= 15 is 0 Å². The molecule has 2 rings (SSSR count). The first-order valence-electron chi connectivity index (χ1n) is 8.29. The molecule has 5 heteroatoms. The Kier molecular flexibility index (Phi) is 6.17. The van der Waals surface area contributed by atoms with Crippen LogP contribution in [0.5, 0.6) is 5.75 Å². The molecule has 0 radical (unpaired) electrons. The van der Waals surface area contributed by atoms with E-state index in [2.05, 4.69) is 24.4 Å². The normalized spacial score (nSPS) is 11.5. The van der Waals surface area contributed by atoms with Crippen molar-refractivity contribution in [1.29, 1.82) is 0 Å². The fourth-order valence-electron chi connectivity index (χ4n) is 2.35. The van der Waals surface area contributed by atoms with Crippen molar-refractivity contribution in [2.45, 2.75) is 33.6 Å². The zero-order chi connectivity index (χ0) is 18.4. The number of benzene rings is 2. The van der Waals surface area contributed by atoms with Crippen LogP contribution in [0.4, 0.5) is 5.69 Å². The molecule has 5 nitrogen and oxygen atoms in total. The van der Waals surface area contributed by atoms with Gasteiger partial charge >= 0.3 is 0 Å². The monoisotopic (exact) mass is 339 g/mol. The number of nitrogens with zero attached hydrogens (tertiary/aromatic N) is 1. The van der Waals surface area contributed by atoms with Gasteiger partial charge in [0.25, 0.3) is 5.91 Å². The maximum atomic E-state index is 12.0. The summed E-state index contributed by atoms with van der Waals surface area (Å²) in [5, 5.41) is 4.11. The molecule has 0 aliphatic rings. The minimum absolute atomic E-state index is 0.0817. The summed E-state index contributed by atoms with van der Waals surface area (Å²) in [6.07, 6.45) is 0. The van der Waals surface area contributed by atoms with Crippen molar-refractivity contribution in [3.05, 3.63) is 59.2 Å². The van der Waals surface area contributed by atoms with Crippen LogP contribution in [0.3, 0.4) is 0 Å². The highest BCUT2D eigenvalue weighted by Crippen LogP contribution is 2.27. The Morgan fingerprint density at radius 2 is 1.88 bits per heavy atom. The van der Waals surface area contributed by atoms with Gasteiger partial charge in [0.1, 0.15) is 5.75 Å². The number of amides is 1. The van der Waals surface area contributed by atoms with Crippen LogP contribution in [-0.4, -0.2) is 18.2 Å². The molecule has 3 N–H and O–H groups in total. The lowest BCUT2D eigenvalue weighted by molar-refractivity contribution is -0.123. The molecule has 132 valence electrons. The fourth-order valence-corrected chi connectivity index (χ4v) is 2.35. The average Bonchev–Trinajstić information content (AvgIpc) is 2.58. The number of ether oxygens (including phenoxy) is 1. The van der Waals surface area contributed by atoms with Gasteiger partial charge in [0.2, 0.25) is 0 Å². The quantitative estimate of drug-likeness (QED) is 0.479. The summed E-state index contributed by atoms with van der Waals surface area (Å²) in [5.41, 5.74) is 12.6. The molecule has 1 amide bonds. The standard InChI is InChI=1S/C20H25N3O2/c1-13(2)18-10-5-14(3)11-19(18)25-12-20(24)23-22-15(4)16-6-8-17(21)9-7-16/h5-11,13H,12,21H2,1-4H3,(H,23,24). The number of anilines is 1. The molecule has 0 unspecified atom stereocenters. The average molecular weight is 339 g/mol. The van der Waals surface area contributed by atoms with Crippen molar-refractivity contribution in [3.63, 3.8) is 0 Å². The van der Waals surface area contributed by atoms with Crippen molar-refractivity contribution in [2.24, 2.45) is 5.10 Å². The molecule has 2 aromatic rings. The highest BCUT2D eigenvalue weighted by Gasteiger charge is 2.10. The molecule has 0 heterocycles. The third-order valence-electron chi connectivity index (χ3n) is 3.83. The SMILES string of the molecule is CC(=NNC(=O)COc1cc(C)ccc1C(C)C)c1ccc(N)cc1. The first kappa shape index (κ1) is 18.5. The Labute approximate surface area is 148 Å². The van der Waals surface area contributed by atoms with Crippen LogP contribution in [-0.2, 0) is 4.79 Å². The maximum absolute atomic E-state index is 12.0. The summed E-state index contributed by atoms with van der Waals surface area (Å²) >= 11 is 0. The van der Waals surface area contributed by atoms with Gasteiger partial charge in [-0.15, -0.1) is 0 Å². The predicted molar refractivity (Wildman–Crippen MR) is 102 cm³/mol. The van der Waals surface area contributed by atoms with Crippen molar-refractivity contribution in [1.82, 2.24) is 5.43 Å². The van der Waals surface area contributed by atoms with E-state index in [-0.39, 0.29) is 12.5 Å². The lowest BCUT2D eigenvalue weighted by atomic mass is 10.0. The van der Waals surface area contributed by atoms with Crippen LogP contribution in [0.2, 0.25) is 0 Å². The zero-order valence-corrected chi connectivity index (χ0v) is 15.2. The van der Waals surface area contributed by atoms with Crippen molar-refractivity contribution >= 4 is 17.3 Å². The third kappa shape index (κ3) is 5.35. The highest BCUT2D eigenvalue weighted by atomic mass is 16.5. The summed E-state index contributed by atoms with van der Waals surface area (Å²) in [6, 6.07) is 13.3. The molecular weight excluding hydrogens is 314 g/mol. The van der Waals surface area contributed by atoms with Crippen LogP contribution in [0, 0.1) is 6.92 Å². The van der Waals surface area contributed by atoms with E-state index in [1.54, 1.807) is 12.1 Å². The molecular formula is C20H25N3O2. The van der Waals surface area contributed by atoms with Crippen LogP contribution in [0.15, 0.2) is 47.6 Å². The molecule has 0 spiro atoms. The number of nitrogen functional groups attached to an aromatic ring is 1. The fraction of sp³-hybridized carbons (Fsp3) is 0.300. The number of aryl methyl sites for hydroxylation is 1. The van der Waals surface area contributed by atoms with Gasteiger partial charge in [-0.2, -0.15) is 5.10 Å². The van der Waals surface area contributed by atoms with Gasteiger partial charge in [-0.1, -0.05) is 38.1 Å². The molecule has 2 aromatic carbocycles. The Bertz CT molecular complexity index is 765. The number of rotatable bonds is 6. The van der Waals surface area contributed by atoms with Crippen molar-refractivity contribution < 1.29 is 9.53 Å². The number of hydrazone groups is 1. The number of carbonyl (C=O) groups is 1. The molecule has 25 heavy (non-hydrogen) atoms. The van der Waals surface area contributed by atoms with E-state index < -0.39 is 0 Å². The Hall–Kier alpha value is -2.82. The van der Waals surface area contributed by atoms with Gasteiger partial charge in [-0.05, 0) is 54.7 Å². The number of nitrogens with one attached hydrogen (secondary N) is 1. The lowest BCUT2D eigenvalue weighted by Crippen LogP contribution is -2.26. The third-order valence-corrected chi connectivity index (χ3v) is 3.83. The minimum Gasteiger partial charge on any atom is -0.483 e. The van der Waals surface area contributed by atoms with E-state index in [0.717, 1.165) is 22.4 Å². The zero-order valence-electron chi connectivity index (χ0n) is 15.2. The van der Waals surface area contributed by atoms with Crippen LogP contribution >= 0.6 is 0 Å². The maximum Gasteiger partial charge on any atom is 0.277 e. The summed E-state index contributed by atoms with van der Waals surface area (Å²) in [4.78, 5) is 12.0. The smallest absolute Gasteiger partial charge is 0.277 e.